The zero-order valence-electron chi connectivity index (χ0n) is 24.0. The maximum atomic E-state index is 13.6. The third kappa shape index (κ3) is 7.11. The number of pyridine rings is 1. The number of nitrogens with zero attached hydrogens (tertiary/aromatic N) is 2. The summed E-state index contributed by atoms with van der Waals surface area (Å²) in [6, 6.07) is 24.5. The Morgan fingerprint density at radius 2 is 1.48 bits per heavy atom. The number of methoxy groups -OCH3 is 3. The van der Waals surface area contributed by atoms with E-state index in [4.69, 9.17) is 42.1 Å². The van der Waals surface area contributed by atoms with Gasteiger partial charge in [0.15, 0.2) is 17.3 Å². The normalized spacial score (nSPS) is 11.4. The lowest BCUT2D eigenvalue weighted by atomic mass is 10.1. The van der Waals surface area contributed by atoms with Gasteiger partial charge in [-0.25, -0.2) is 0 Å². The van der Waals surface area contributed by atoms with Gasteiger partial charge in [0.1, 0.15) is 5.75 Å². The summed E-state index contributed by atoms with van der Waals surface area (Å²) in [6.45, 7) is 0. The first-order chi connectivity index (χ1) is 21.4. The number of allylic oxidation sites excluding steroid dienone is 1. The first kappa shape index (κ1) is 30.4. The van der Waals surface area contributed by atoms with Crippen LogP contribution in [0.15, 0.2) is 102 Å². The number of hydrazone groups is 1. The lowest BCUT2D eigenvalue weighted by Crippen LogP contribution is -2.10. The predicted octanol–water partition coefficient (Wildman–Crippen LogP) is 8.32. The van der Waals surface area contributed by atoms with Gasteiger partial charge in [0.2, 0.25) is 11.5 Å². The standard InChI is InChI=1S/C34H27Cl2N3O5/c1-41-31-17-22(18-32(42-2)34(31)43-3)16-30(33(40)23-6-8-24(35)9-7-23)44-26-11-4-21(5-12-26)20-38-39-28-14-15-37-29-19-25(36)10-13-27(28)29/h4-20H,1-3H3,(H,37,39)/b30-16-,38-20+. The number of Topliss-reactive ketones (excluding diaryl/α,β-unsaturated/α-hetero) is 1. The summed E-state index contributed by atoms with van der Waals surface area (Å²) in [5.74, 6) is 1.51. The van der Waals surface area contributed by atoms with Crippen molar-refractivity contribution in [3.05, 3.63) is 124 Å². The minimum absolute atomic E-state index is 0.0781. The van der Waals surface area contributed by atoms with E-state index in [0.29, 0.717) is 44.2 Å². The Hall–Kier alpha value is -5.05. The van der Waals surface area contributed by atoms with Crippen LogP contribution in [-0.4, -0.2) is 38.3 Å². The molecule has 0 bridgehead atoms. The number of fused-ring (bicyclic) bond motifs is 1. The summed E-state index contributed by atoms with van der Waals surface area (Å²) in [4.78, 5) is 17.9. The summed E-state index contributed by atoms with van der Waals surface area (Å²) in [5.41, 5.74) is 6.45. The van der Waals surface area contributed by atoms with E-state index in [9.17, 15) is 4.79 Å². The second kappa shape index (κ2) is 13.9. The van der Waals surface area contributed by atoms with Crippen molar-refractivity contribution in [2.75, 3.05) is 26.8 Å². The molecule has 8 nitrogen and oxygen atoms in total. The molecular weight excluding hydrogens is 601 g/mol. The van der Waals surface area contributed by atoms with Crippen molar-refractivity contribution in [1.29, 1.82) is 0 Å². The van der Waals surface area contributed by atoms with E-state index in [1.807, 2.05) is 24.3 Å². The lowest BCUT2D eigenvalue weighted by molar-refractivity contribution is 0.0988. The van der Waals surface area contributed by atoms with E-state index in [-0.39, 0.29) is 11.5 Å². The van der Waals surface area contributed by atoms with Crippen LogP contribution in [0.5, 0.6) is 23.0 Å². The molecule has 0 aliphatic heterocycles. The van der Waals surface area contributed by atoms with Gasteiger partial charge in [0.05, 0.1) is 38.7 Å². The summed E-state index contributed by atoms with van der Waals surface area (Å²) in [7, 11) is 4.57. The largest absolute Gasteiger partial charge is 0.493 e. The smallest absolute Gasteiger partial charge is 0.228 e. The number of nitrogens with one attached hydrogen (secondary N) is 1. The van der Waals surface area contributed by atoms with Crippen molar-refractivity contribution in [2.45, 2.75) is 0 Å². The van der Waals surface area contributed by atoms with Gasteiger partial charge in [-0.15, -0.1) is 0 Å². The molecule has 0 amide bonds. The van der Waals surface area contributed by atoms with Gasteiger partial charge < -0.3 is 18.9 Å². The molecule has 0 saturated carbocycles. The second-order valence-electron chi connectivity index (χ2n) is 9.36. The van der Waals surface area contributed by atoms with Crippen LogP contribution in [0, 0.1) is 0 Å². The van der Waals surface area contributed by atoms with Crippen molar-refractivity contribution in [2.24, 2.45) is 5.10 Å². The summed E-state index contributed by atoms with van der Waals surface area (Å²) in [5, 5.41) is 6.40. The highest BCUT2D eigenvalue weighted by Gasteiger charge is 2.18. The lowest BCUT2D eigenvalue weighted by Gasteiger charge is -2.14. The van der Waals surface area contributed by atoms with Crippen LogP contribution in [0.25, 0.3) is 17.0 Å². The fraction of sp³-hybridized carbons (Fsp3) is 0.0882. The van der Waals surface area contributed by atoms with E-state index < -0.39 is 0 Å². The van der Waals surface area contributed by atoms with E-state index >= 15 is 0 Å². The number of aromatic nitrogens is 1. The van der Waals surface area contributed by atoms with Crippen molar-refractivity contribution in [1.82, 2.24) is 4.98 Å². The fourth-order valence-corrected chi connectivity index (χ4v) is 4.66. The molecule has 1 heterocycles. The molecular formula is C34H27Cl2N3O5. The van der Waals surface area contributed by atoms with Gasteiger partial charge in [-0.3, -0.25) is 15.2 Å². The molecule has 0 aliphatic rings. The zero-order chi connectivity index (χ0) is 31.1. The highest BCUT2D eigenvalue weighted by molar-refractivity contribution is 6.31. The average molecular weight is 629 g/mol. The summed E-state index contributed by atoms with van der Waals surface area (Å²) >= 11 is 12.1. The first-order valence-electron chi connectivity index (χ1n) is 13.3. The third-order valence-electron chi connectivity index (χ3n) is 6.53. The molecule has 0 aliphatic carbocycles. The quantitative estimate of drug-likeness (QED) is 0.0517. The molecule has 5 rings (SSSR count). The molecule has 44 heavy (non-hydrogen) atoms. The second-order valence-corrected chi connectivity index (χ2v) is 10.2. The number of carbonyl (C=O) groups excluding carboxylic acids is 1. The van der Waals surface area contributed by atoms with Crippen molar-refractivity contribution in [3.8, 4) is 23.0 Å². The Kier molecular flexibility index (Phi) is 9.64. The van der Waals surface area contributed by atoms with Gasteiger partial charge >= 0.3 is 0 Å². The Morgan fingerprint density at radius 1 is 0.795 bits per heavy atom. The summed E-state index contributed by atoms with van der Waals surface area (Å²) in [6.07, 6.45) is 4.99. The molecule has 0 saturated heterocycles. The van der Waals surface area contributed by atoms with Crippen molar-refractivity contribution < 1.29 is 23.7 Å². The first-order valence-corrected chi connectivity index (χ1v) is 14.1. The molecule has 0 atom stereocenters. The predicted molar refractivity (Wildman–Crippen MR) is 175 cm³/mol. The van der Waals surface area contributed by atoms with Gasteiger partial charge in [-0.2, -0.15) is 5.10 Å². The highest BCUT2D eigenvalue weighted by atomic mass is 35.5. The number of hydrogen-bond acceptors (Lipinski definition) is 8. The van der Waals surface area contributed by atoms with Crippen LogP contribution < -0.4 is 24.4 Å². The fourth-order valence-electron chi connectivity index (χ4n) is 4.36. The number of halogens is 2. The topological polar surface area (TPSA) is 91.3 Å². The summed E-state index contributed by atoms with van der Waals surface area (Å²) < 4.78 is 22.5. The van der Waals surface area contributed by atoms with Crippen molar-refractivity contribution >= 4 is 57.9 Å². The Labute approximate surface area is 264 Å². The number of carbonyl (C=O) groups is 1. The number of hydrogen-bond donors (Lipinski definition) is 1. The number of ether oxygens (including phenoxy) is 4. The Bertz CT molecular complexity index is 1830. The minimum atomic E-state index is -0.337. The van der Waals surface area contributed by atoms with E-state index in [1.54, 1.807) is 79.2 Å². The molecule has 0 unspecified atom stereocenters. The van der Waals surface area contributed by atoms with Gasteiger partial charge in [0, 0.05) is 27.2 Å². The molecule has 0 radical (unpaired) electrons. The number of benzene rings is 4. The van der Waals surface area contributed by atoms with Gasteiger partial charge in [-0.1, -0.05) is 23.2 Å². The number of ketones is 1. The van der Waals surface area contributed by atoms with Crippen LogP contribution in [-0.2, 0) is 0 Å². The van der Waals surface area contributed by atoms with E-state index in [0.717, 1.165) is 22.2 Å². The van der Waals surface area contributed by atoms with Crippen molar-refractivity contribution in [3.63, 3.8) is 0 Å². The maximum absolute atomic E-state index is 13.6. The highest BCUT2D eigenvalue weighted by Crippen LogP contribution is 2.39. The monoisotopic (exact) mass is 627 g/mol. The van der Waals surface area contributed by atoms with Crippen LogP contribution in [0.3, 0.4) is 0 Å². The van der Waals surface area contributed by atoms with E-state index in [2.05, 4.69) is 15.5 Å². The molecule has 0 fully saturated rings. The molecule has 1 aromatic heterocycles. The molecule has 5 aromatic rings. The maximum Gasteiger partial charge on any atom is 0.228 e. The third-order valence-corrected chi connectivity index (χ3v) is 7.01. The average Bonchev–Trinajstić information content (AvgIpc) is 3.04. The van der Waals surface area contributed by atoms with Gasteiger partial charge in [-0.05, 0) is 102 Å². The zero-order valence-corrected chi connectivity index (χ0v) is 25.5. The van der Waals surface area contributed by atoms with Crippen LogP contribution in [0.1, 0.15) is 21.5 Å². The molecule has 1 N–H and O–H groups in total. The van der Waals surface area contributed by atoms with Crippen LogP contribution in [0.2, 0.25) is 10.0 Å². The van der Waals surface area contributed by atoms with E-state index in [1.165, 1.54) is 21.3 Å². The van der Waals surface area contributed by atoms with Crippen LogP contribution in [0.4, 0.5) is 5.69 Å². The molecule has 222 valence electrons. The Morgan fingerprint density at radius 3 is 2.14 bits per heavy atom. The SMILES string of the molecule is COc1cc(/C=C(\Oc2ccc(/C=N/Nc3ccnc4cc(Cl)ccc34)cc2)C(=O)c2ccc(Cl)cc2)cc(OC)c1OC. The molecule has 0 spiro atoms. The minimum Gasteiger partial charge on any atom is -0.493 e. The molecule has 10 heteroatoms. The molecule has 4 aromatic carbocycles. The Balaban J connectivity index is 1.40. The number of rotatable bonds is 11. The van der Waals surface area contributed by atoms with Gasteiger partial charge in [0.25, 0.3) is 0 Å². The van der Waals surface area contributed by atoms with Crippen LogP contribution >= 0.6 is 23.2 Å². The number of anilines is 1.